The van der Waals surface area contributed by atoms with Gasteiger partial charge in [0.05, 0.1) is 49.8 Å². The van der Waals surface area contributed by atoms with Crippen molar-refractivity contribution in [3.05, 3.63) is 90.0 Å². The second-order valence-corrected chi connectivity index (χ2v) is 7.80. The van der Waals surface area contributed by atoms with Crippen LogP contribution < -0.4 is 14.2 Å². The van der Waals surface area contributed by atoms with Crippen LogP contribution in [-0.2, 0) is 0 Å². The van der Waals surface area contributed by atoms with Crippen molar-refractivity contribution in [2.24, 2.45) is 0 Å². The second-order valence-electron chi connectivity index (χ2n) is 7.80. The average molecular weight is 482 g/mol. The van der Waals surface area contributed by atoms with Crippen LogP contribution in [0.5, 0.6) is 17.2 Å². The summed E-state index contributed by atoms with van der Waals surface area (Å²) in [6, 6.07) is 20.3. The monoisotopic (exact) mass is 481 g/mol. The van der Waals surface area contributed by atoms with Gasteiger partial charge >= 0.3 is 0 Å². The number of ketones is 1. The normalized spacial score (nSPS) is 11.5. The van der Waals surface area contributed by atoms with E-state index in [4.69, 9.17) is 14.2 Å². The zero-order valence-corrected chi connectivity index (χ0v) is 19.9. The molecule has 2 aromatic heterocycles. The molecule has 180 valence electrons. The summed E-state index contributed by atoms with van der Waals surface area (Å²) < 4.78 is 16.3. The number of rotatable bonds is 8. The van der Waals surface area contributed by atoms with Crippen molar-refractivity contribution in [3.8, 4) is 22.9 Å². The molecule has 0 bridgehead atoms. The summed E-state index contributed by atoms with van der Waals surface area (Å²) >= 11 is 0. The van der Waals surface area contributed by atoms with Crippen molar-refractivity contribution in [2.45, 2.75) is 0 Å². The van der Waals surface area contributed by atoms with E-state index in [0.717, 1.165) is 16.7 Å². The summed E-state index contributed by atoms with van der Waals surface area (Å²) in [6.45, 7) is 0. The quantitative estimate of drug-likeness (QED) is 0.255. The van der Waals surface area contributed by atoms with Gasteiger partial charge in [-0.15, -0.1) is 5.10 Å². The maximum Gasteiger partial charge on any atom is 0.203 e. The number of hydrogen-bond acceptors (Lipinski definition) is 7. The first-order valence-electron chi connectivity index (χ1n) is 11.1. The summed E-state index contributed by atoms with van der Waals surface area (Å²) in [5, 5.41) is 8.88. The number of carbonyl (C=O) groups excluding carboxylic acids is 1. The Bertz CT molecular complexity index is 1510. The van der Waals surface area contributed by atoms with Crippen molar-refractivity contribution < 1.29 is 19.0 Å². The lowest BCUT2D eigenvalue weighted by Crippen LogP contribution is -2.07. The lowest BCUT2D eigenvalue weighted by Gasteiger charge is -2.14. The van der Waals surface area contributed by atoms with Crippen LogP contribution in [0, 0.1) is 0 Å². The zero-order valence-electron chi connectivity index (χ0n) is 19.9. The van der Waals surface area contributed by atoms with E-state index < -0.39 is 0 Å². The van der Waals surface area contributed by atoms with E-state index in [1.807, 2.05) is 54.6 Å². The van der Waals surface area contributed by atoms with Gasteiger partial charge in [-0.1, -0.05) is 30.3 Å². The van der Waals surface area contributed by atoms with Crippen molar-refractivity contribution in [1.29, 1.82) is 0 Å². The van der Waals surface area contributed by atoms with Gasteiger partial charge in [-0.2, -0.15) is 9.90 Å². The molecule has 9 nitrogen and oxygen atoms in total. The van der Waals surface area contributed by atoms with Crippen molar-refractivity contribution in [3.63, 3.8) is 0 Å². The predicted octanol–water partition coefficient (Wildman–Crippen LogP) is 4.59. The molecule has 0 atom stereocenters. The van der Waals surface area contributed by atoms with Gasteiger partial charge in [-0.3, -0.25) is 4.79 Å². The molecular formula is C27H23N5O4. The lowest BCUT2D eigenvalue weighted by molar-refractivity contribution is 0.105. The van der Waals surface area contributed by atoms with Crippen LogP contribution in [0.2, 0.25) is 0 Å². The number of Topliss-reactive ketones (excluding diaryl/α,β-unsaturated/α-hetero) is 1. The number of benzene rings is 3. The standard InChI is InChI=1S/C27H23N5O4/c1-34-23-13-17(14-24(35-2)26(23)36-3)25(33)20(27-29-21-11-7-8-12-22(21)30-27)15-18-16-28-32(31-18)19-9-5-4-6-10-19/h4-16H,1-3H3,(H,29,30)/b20-15+. The highest BCUT2D eigenvalue weighted by atomic mass is 16.5. The van der Waals surface area contributed by atoms with Crippen molar-refractivity contribution in [1.82, 2.24) is 25.0 Å². The Morgan fingerprint density at radius 2 is 1.61 bits per heavy atom. The molecule has 0 aliphatic rings. The Labute approximate surface area is 207 Å². The fourth-order valence-electron chi connectivity index (χ4n) is 3.86. The maximum atomic E-state index is 13.9. The highest BCUT2D eigenvalue weighted by Gasteiger charge is 2.23. The number of imidazole rings is 1. The van der Waals surface area contributed by atoms with E-state index in [1.54, 1.807) is 24.4 Å². The molecule has 9 heteroatoms. The Morgan fingerprint density at radius 1 is 0.917 bits per heavy atom. The molecule has 0 saturated heterocycles. The summed E-state index contributed by atoms with van der Waals surface area (Å²) in [5.74, 6) is 1.25. The van der Waals surface area contributed by atoms with E-state index in [2.05, 4.69) is 20.2 Å². The fourth-order valence-corrected chi connectivity index (χ4v) is 3.86. The van der Waals surface area contributed by atoms with Gasteiger partial charge in [-0.05, 0) is 42.5 Å². The summed E-state index contributed by atoms with van der Waals surface area (Å²) in [5.41, 5.74) is 3.49. The predicted molar refractivity (Wildman–Crippen MR) is 136 cm³/mol. The first-order chi connectivity index (χ1) is 17.6. The van der Waals surface area contributed by atoms with Crippen molar-refractivity contribution >= 4 is 28.5 Å². The number of H-pyrrole nitrogens is 1. The SMILES string of the molecule is COc1cc(C(=O)/C(=C\c2cnn(-c3ccccc3)n2)c2nc3ccccc3[nH]2)cc(OC)c1OC. The Hall–Kier alpha value is -4.92. The number of ether oxygens (including phenoxy) is 3. The van der Waals surface area contributed by atoms with Crippen LogP contribution in [0.1, 0.15) is 21.9 Å². The Kier molecular flexibility index (Phi) is 6.19. The van der Waals surface area contributed by atoms with Crippen LogP contribution in [0.4, 0.5) is 0 Å². The summed E-state index contributed by atoms with van der Waals surface area (Å²) in [6.07, 6.45) is 3.26. The molecule has 2 heterocycles. The number of allylic oxidation sites excluding steroid dienone is 1. The number of aromatic nitrogens is 5. The number of aromatic amines is 1. The molecule has 0 aliphatic carbocycles. The number of nitrogens with zero attached hydrogens (tertiary/aromatic N) is 4. The van der Waals surface area contributed by atoms with E-state index in [0.29, 0.717) is 39.9 Å². The molecule has 0 spiro atoms. The molecule has 0 saturated carbocycles. The highest BCUT2D eigenvalue weighted by Crippen LogP contribution is 2.39. The Morgan fingerprint density at radius 3 is 2.28 bits per heavy atom. The lowest BCUT2D eigenvalue weighted by atomic mass is 10.0. The van der Waals surface area contributed by atoms with Crippen LogP contribution in [-0.4, -0.2) is 52.1 Å². The molecule has 0 fully saturated rings. The Balaban J connectivity index is 1.64. The minimum Gasteiger partial charge on any atom is -0.493 e. The maximum absolute atomic E-state index is 13.9. The number of nitrogens with one attached hydrogen (secondary N) is 1. The summed E-state index contributed by atoms with van der Waals surface area (Å²) in [7, 11) is 4.52. The summed E-state index contributed by atoms with van der Waals surface area (Å²) in [4.78, 5) is 23.3. The number of carbonyl (C=O) groups is 1. The van der Waals surface area contributed by atoms with Crippen molar-refractivity contribution in [2.75, 3.05) is 21.3 Å². The first kappa shape index (κ1) is 22.9. The largest absolute Gasteiger partial charge is 0.493 e. The smallest absolute Gasteiger partial charge is 0.203 e. The molecular weight excluding hydrogens is 458 g/mol. The molecule has 3 aromatic carbocycles. The van der Waals surface area contributed by atoms with E-state index in [1.165, 1.54) is 26.1 Å². The van der Waals surface area contributed by atoms with Crippen LogP contribution in [0.15, 0.2) is 72.9 Å². The molecule has 5 rings (SSSR count). The third kappa shape index (κ3) is 4.29. The minimum atomic E-state index is -0.303. The third-order valence-corrected chi connectivity index (χ3v) is 5.60. The van der Waals surface area contributed by atoms with Gasteiger partial charge in [0.25, 0.3) is 0 Å². The highest BCUT2D eigenvalue weighted by molar-refractivity contribution is 6.32. The molecule has 36 heavy (non-hydrogen) atoms. The van der Waals surface area contributed by atoms with Gasteiger partial charge in [-0.25, -0.2) is 4.98 Å². The zero-order chi connectivity index (χ0) is 25.1. The van der Waals surface area contributed by atoms with E-state index in [-0.39, 0.29) is 5.78 Å². The number of para-hydroxylation sites is 3. The molecule has 1 N–H and O–H groups in total. The average Bonchev–Trinajstić information content (AvgIpc) is 3.58. The first-order valence-corrected chi connectivity index (χ1v) is 11.1. The second kappa shape index (κ2) is 9.75. The van der Waals surface area contributed by atoms with Gasteiger partial charge in [0.15, 0.2) is 17.3 Å². The van der Waals surface area contributed by atoms with Gasteiger partial charge < -0.3 is 19.2 Å². The molecule has 0 radical (unpaired) electrons. The number of methoxy groups -OCH3 is 3. The van der Waals surface area contributed by atoms with Crippen LogP contribution in [0.3, 0.4) is 0 Å². The molecule has 0 unspecified atom stereocenters. The third-order valence-electron chi connectivity index (χ3n) is 5.60. The van der Waals surface area contributed by atoms with Gasteiger partial charge in [0.2, 0.25) is 5.75 Å². The van der Waals surface area contributed by atoms with E-state index >= 15 is 0 Å². The molecule has 5 aromatic rings. The number of fused-ring (bicyclic) bond motifs is 1. The van der Waals surface area contributed by atoms with E-state index in [9.17, 15) is 4.79 Å². The van der Waals surface area contributed by atoms with Crippen LogP contribution >= 0.6 is 0 Å². The molecule has 0 aliphatic heterocycles. The van der Waals surface area contributed by atoms with Gasteiger partial charge in [0, 0.05) is 5.56 Å². The number of hydrogen-bond donors (Lipinski definition) is 1. The molecule has 0 amide bonds. The minimum absolute atomic E-state index is 0.303. The fraction of sp³-hybridized carbons (Fsp3) is 0.111. The topological polar surface area (TPSA) is 104 Å². The van der Waals surface area contributed by atoms with Gasteiger partial charge in [0.1, 0.15) is 11.5 Å². The van der Waals surface area contributed by atoms with Crippen LogP contribution in [0.25, 0.3) is 28.4 Å².